The zero-order valence-corrected chi connectivity index (χ0v) is 8.31. The van der Waals surface area contributed by atoms with Gasteiger partial charge in [-0.05, 0) is 19.1 Å². The molecule has 1 aromatic rings. The number of nitriles is 1. The monoisotopic (exact) mass is 191 g/mol. The molecule has 1 N–H and O–H groups in total. The highest BCUT2D eigenvalue weighted by atomic mass is 16.3. The molecule has 0 amide bonds. The highest BCUT2D eigenvalue weighted by molar-refractivity contribution is 5.40. The minimum atomic E-state index is -0.410. The summed E-state index contributed by atoms with van der Waals surface area (Å²) in [5.41, 5.74) is 0.389. The summed E-state index contributed by atoms with van der Waals surface area (Å²) in [4.78, 5) is 5.91. The minimum Gasteiger partial charge on any atom is -0.392 e. The van der Waals surface area contributed by atoms with E-state index in [4.69, 9.17) is 5.26 Å². The smallest absolute Gasteiger partial charge is 0.142 e. The van der Waals surface area contributed by atoms with Crippen LogP contribution in [0.25, 0.3) is 0 Å². The summed E-state index contributed by atoms with van der Waals surface area (Å²) in [5.74, 6) is 0.699. The molecule has 74 valence electrons. The second kappa shape index (κ2) is 4.58. The molecule has 0 spiro atoms. The van der Waals surface area contributed by atoms with Crippen LogP contribution in [0.4, 0.5) is 5.82 Å². The van der Waals surface area contributed by atoms with Gasteiger partial charge in [0.2, 0.25) is 0 Å². The Labute approximate surface area is 83.4 Å². The van der Waals surface area contributed by atoms with Crippen LogP contribution in [0.15, 0.2) is 18.2 Å². The number of hydrogen-bond donors (Lipinski definition) is 1. The molecule has 1 rings (SSSR count). The summed E-state index contributed by atoms with van der Waals surface area (Å²) in [5, 5.41) is 17.8. The fraction of sp³-hybridized carbons (Fsp3) is 0.400. The molecule has 0 fully saturated rings. The average molecular weight is 191 g/mol. The van der Waals surface area contributed by atoms with Crippen LogP contribution in [0.3, 0.4) is 0 Å². The van der Waals surface area contributed by atoms with E-state index in [0.717, 1.165) is 0 Å². The molecule has 14 heavy (non-hydrogen) atoms. The van der Waals surface area contributed by atoms with Crippen molar-refractivity contribution < 1.29 is 5.11 Å². The molecule has 0 aliphatic carbocycles. The number of aliphatic hydroxyl groups excluding tert-OH is 1. The van der Waals surface area contributed by atoms with Crippen LogP contribution >= 0.6 is 0 Å². The van der Waals surface area contributed by atoms with Gasteiger partial charge in [-0.2, -0.15) is 5.26 Å². The Morgan fingerprint density at radius 1 is 1.64 bits per heavy atom. The summed E-state index contributed by atoms with van der Waals surface area (Å²) < 4.78 is 0. The number of pyridine rings is 1. The van der Waals surface area contributed by atoms with Gasteiger partial charge < -0.3 is 10.0 Å². The van der Waals surface area contributed by atoms with Gasteiger partial charge in [0, 0.05) is 13.6 Å². The molecule has 0 radical (unpaired) electrons. The predicted octanol–water partition coefficient (Wildman–Crippen LogP) is 0.770. The van der Waals surface area contributed by atoms with Crippen molar-refractivity contribution in [2.75, 3.05) is 18.5 Å². The van der Waals surface area contributed by atoms with E-state index in [2.05, 4.69) is 4.98 Å². The van der Waals surface area contributed by atoms with Gasteiger partial charge >= 0.3 is 0 Å². The lowest BCUT2D eigenvalue weighted by Crippen LogP contribution is -2.27. The molecule has 0 aliphatic heterocycles. The molecule has 4 heteroatoms. The molecule has 0 aromatic carbocycles. The van der Waals surface area contributed by atoms with Crippen molar-refractivity contribution in [2.24, 2.45) is 0 Å². The van der Waals surface area contributed by atoms with E-state index in [1.54, 1.807) is 19.1 Å². The van der Waals surface area contributed by atoms with Crippen LogP contribution in [0.2, 0.25) is 0 Å². The van der Waals surface area contributed by atoms with E-state index < -0.39 is 6.10 Å². The van der Waals surface area contributed by atoms with E-state index in [1.807, 2.05) is 24.1 Å². The van der Waals surface area contributed by atoms with Gasteiger partial charge in [-0.1, -0.05) is 6.07 Å². The minimum absolute atomic E-state index is 0.389. The Morgan fingerprint density at radius 2 is 2.36 bits per heavy atom. The lowest BCUT2D eigenvalue weighted by Gasteiger charge is -2.19. The number of rotatable bonds is 3. The Bertz CT molecular complexity index is 343. The first kappa shape index (κ1) is 10.5. The number of likely N-dealkylation sites (N-methyl/N-ethyl adjacent to an activating group) is 1. The number of aromatic nitrogens is 1. The standard InChI is InChI=1S/C10H13N3O/c1-8(14)7-13(2)10-5-3-4-9(6-11)12-10/h3-5,8,14H,7H2,1-2H3. The normalized spacial score (nSPS) is 11.9. The Morgan fingerprint density at radius 3 is 2.93 bits per heavy atom. The van der Waals surface area contributed by atoms with Crippen molar-refractivity contribution in [3.05, 3.63) is 23.9 Å². The number of aliphatic hydroxyl groups is 1. The van der Waals surface area contributed by atoms with E-state index in [-0.39, 0.29) is 0 Å². The largest absolute Gasteiger partial charge is 0.392 e. The van der Waals surface area contributed by atoms with Gasteiger partial charge in [-0.25, -0.2) is 4.98 Å². The van der Waals surface area contributed by atoms with Gasteiger partial charge in [-0.3, -0.25) is 0 Å². The molecular weight excluding hydrogens is 178 g/mol. The Balaban J connectivity index is 2.80. The first-order valence-electron chi connectivity index (χ1n) is 4.40. The predicted molar refractivity (Wildman–Crippen MR) is 53.9 cm³/mol. The maximum Gasteiger partial charge on any atom is 0.142 e. The number of hydrogen-bond acceptors (Lipinski definition) is 4. The molecular formula is C10H13N3O. The van der Waals surface area contributed by atoms with Gasteiger partial charge in [0.1, 0.15) is 17.6 Å². The second-order valence-corrected chi connectivity index (χ2v) is 3.22. The molecule has 1 unspecified atom stereocenters. The van der Waals surface area contributed by atoms with Gasteiger partial charge in [0.05, 0.1) is 6.10 Å². The SMILES string of the molecule is CC(O)CN(C)c1cccc(C#N)n1. The lowest BCUT2D eigenvalue weighted by atomic mass is 10.3. The first-order chi connectivity index (χ1) is 6.63. The molecule has 1 atom stereocenters. The van der Waals surface area contributed by atoms with Crippen molar-refractivity contribution in [1.29, 1.82) is 5.26 Å². The molecule has 4 nitrogen and oxygen atoms in total. The molecule has 0 bridgehead atoms. The molecule has 0 saturated carbocycles. The highest BCUT2D eigenvalue weighted by Crippen LogP contribution is 2.09. The van der Waals surface area contributed by atoms with E-state index in [1.165, 1.54) is 0 Å². The maximum atomic E-state index is 9.18. The third-order valence-electron chi connectivity index (χ3n) is 1.78. The van der Waals surface area contributed by atoms with Crippen molar-refractivity contribution in [1.82, 2.24) is 4.98 Å². The molecule has 0 aliphatic rings. The van der Waals surface area contributed by atoms with E-state index in [9.17, 15) is 5.11 Å². The summed E-state index contributed by atoms with van der Waals surface area (Å²) in [6, 6.07) is 7.21. The molecule has 1 aromatic heterocycles. The summed E-state index contributed by atoms with van der Waals surface area (Å²) in [6.45, 7) is 2.21. The van der Waals surface area contributed by atoms with E-state index in [0.29, 0.717) is 18.1 Å². The van der Waals surface area contributed by atoms with Gasteiger partial charge in [-0.15, -0.1) is 0 Å². The summed E-state index contributed by atoms with van der Waals surface area (Å²) in [7, 11) is 1.83. The van der Waals surface area contributed by atoms with Gasteiger partial charge in [0.15, 0.2) is 0 Å². The number of anilines is 1. The van der Waals surface area contributed by atoms with E-state index >= 15 is 0 Å². The van der Waals surface area contributed by atoms with Crippen LogP contribution in [-0.2, 0) is 0 Å². The fourth-order valence-corrected chi connectivity index (χ4v) is 1.19. The average Bonchev–Trinajstić information content (AvgIpc) is 2.17. The Kier molecular flexibility index (Phi) is 3.43. The van der Waals surface area contributed by atoms with Crippen LogP contribution < -0.4 is 4.90 Å². The van der Waals surface area contributed by atoms with Crippen LogP contribution in [-0.4, -0.2) is 29.8 Å². The zero-order chi connectivity index (χ0) is 10.6. The third-order valence-corrected chi connectivity index (χ3v) is 1.78. The third kappa shape index (κ3) is 2.71. The van der Waals surface area contributed by atoms with Crippen LogP contribution in [0.5, 0.6) is 0 Å². The fourth-order valence-electron chi connectivity index (χ4n) is 1.19. The van der Waals surface area contributed by atoms with Crippen molar-refractivity contribution >= 4 is 5.82 Å². The van der Waals surface area contributed by atoms with Gasteiger partial charge in [0.25, 0.3) is 0 Å². The summed E-state index contributed by atoms with van der Waals surface area (Å²) in [6.07, 6.45) is -0.410. The van der Waals surface area contributed by atoms with Crippen molar-refractivity contribution in [3.63, 3.8) is 0 Å². The number of nitrogens with zero attached hydrogens (tertiary/aromatic N) is 3. The molecule has 1 heterocycles. The Hall–Kier alpha value is -1.60. The maximum absolute atomic E-state index is 9.18. The topological polar surface area (TPSA) is 60.1 Å². The summed E-state index contributed by atoms with van der Waals surface area (Å²) >= 11 is 0. The molecule has 0 saturated heterocycles. The second-order valence-electron chi connectivity index (χ2n) is 3.22. The van der Waals surface area contributed by atoms with Crippen LogP contribution in [0.1, 0.15) is 12.6 Å². The lowest BCUT2D eigenvalue weighted by molar-refractivity contribution is 0.201. The highest BCUT2D eigenvalue weighted by Gasteiger charge is 2.05. The quantitative estimate of drug-likeness (QED) is 0.766. The first-order valence-corrected chi connectivity index (χ1v) is 4.40. The van der Waals surface area contributed by atoms with Crippen molar-refractivity contribution in [2.45, 2.75) is 13.0 Å². The zero-order valence-electron chi connectivity index (χ0n) is 8.31. The van der Waals surface area contributed by atoms with Crippen molar-refractivity contribution in [3.8, 4) is 6.07 Å². The van der Waals surface area contributed by atoms with Crippen LogP contribution in [0, 0.1) is 11.3 Å².